The van der Waals surface area contributed by atoms with Gasteiger partial charge in [0, 0.05) is 6.20 Å². The minimum absolute atomic E-state index is 0.196. The summed E-state index contributed by atoms with van der Waals surface area (Å²) in [5.74, 6) is -0.381. The summed E-state index contributed by atoms with van der Waals surface area (Å²) >= 11 is 0. The number of carboxylic acids is 1. The van der Waals surface area contributed by atoms with Crippen LogP contribution in [0.4, 0.5) is 11.5 Å². The van der Waals surface area contributed by atoms with Crippen LogP contribution in [0.2, 0.25) is 0 Å². The van der Waals surface area contributed by atoms with E-state index in [1.165, 1.54) is 17.7 Å². The predicted molar refractivity (Wildman–Crippen MR) is 91.7 cm³/mol. The van der Waals surface area contributed by atoms with Crippen LogP contribution >= 0.6 is 0 Å². The van der Waals surface area contributed by atoms with E-state index in [1.807, 2.05) is 20.8 Å². The number of benzene rings is 1. The Balaban J connectivity index is 2.07. The standard InChI is InChI=1S/C18H18N4O2/c1-10-7-11(2)16(12(3)8-10)20-21-17-13(4)19-15-9-14(18(23)24)5-6-22(15)17/h5-9H,1-4H3,(H,23,24). The van der Waals surface area contributed by atoms with Crippen LogP contribution in [0.5, 0.6) is 0 Å². The molecule has 0 aliphatic carbocycles. The molecule has 6 heteroatoms. The highest BCUT2D eigenvalue weighted by atomic mass is 16.4. The van der Waals surface area contributed by atoms with E-state index in [4.69, 9.17) is 5.11 Å². The number of fused-ring (bicyclic) bond motifs is 1. The van der Waals surface area contributed by atoms with Gasteiger partial charge in [0.1, 0.15) is 5.65 Å². The van der Waals surface area contributed by atoms with Crippen molar-refractivity contribution in [1.29, 1.82) is 0 Å². The molecule has 3 rings (SSSR count). The Hall–Kier alpha value is -3.02. The van der Waals surface area contributed by atoms with E-state index >= 15 is 0 Å². The van der Waals surface area contributed by atoms with Crippen LogP contribution in [-0.4, -0.2) is 20.5 Å². The molecule has 0 atom stereocenters. The van der Waals surface area contributed by atoms with E-state index in [1.54, 1.807) is 10.6 Å². The average Bonchev–Trinajstić information content (AvgIpc) is 2.81. The number of hydrogen-bond acceptors (Lipinski definition) is 4. The van der Waals surface area contributed by atoms with E-state index in [0.717, 1.165) is 16.8 Å². The topological polar surface area (TPSA) is 79.3 Å². The number of carboxylic acid groups (broad SMARTS) is 1. The molecule has 1 aromatic carbocycles. The number of nitrogens with zero attached hydrogens (tertiary/aromatic N) is 4. The fourth-order valence-electron chi connectivity index (χ4n) is 2.83. The quantitative estimate of drug-likeness (QED) is 0.711. The predicted octanol–water partition coefficient (Wildman–Crippen LogP) is 4.68. The number of imidazole rings is 1. The summed E-state index contributed by atoms with van der Waals surface area (Å²) in [6.07, 6.45) is 1.65. The number of azo groups is 1. The Bertz CT molecular complexity index is 963. The molecule has 0 aliphatic heterocycles. The highest BCUT2D eigenvalue weighted by molar-refractivity contribution is 5.88. The van der Waals surface area contributed by atoms with Crippen molar-refractivity contribution in [2.45, 2.75) is 27.7 Å². The number of aromatic nitrogens is 2. The minimum atomic E-state index is -0.979. The Kier molecular flexibility index (Phi) is 3.89. The molecule has 0 aliphatic rings. The minimum Gasteiger partial charge on any atom is -0.478 e. The molecule has 0 saturated heterocycles. The summed E-state index contributed by atoms with van der Waals surface area (Å²) in [6, 6.07) is 7.19. The molecule has 122 valence electrons. The number of aryl methyl sites for hydroxylation is 4. The SMILES string of the molecule is Cc1cc(C)c(N=Nc2c(C)nc3cc(C(=O)O)ccn23)c(C)c1. The summed E-state index contributed by atoms with van der Waals surface area (Å²) < 4.78 is 1.74. The molecule has 2 aromatic heterocycles. The second-order valence-corrected chi connectivity index (χ2v) is 5.92. The normalized spacial score (nSPS) is 11.5. The summed E-state index contributed by atoms with van der Waals surface area (Å²) in [7, 11) is 0. The van der Waals surface area contributed by atoms with Crippen molar-refractivity contribution in [2.24, 2.45) is 10.2 Å². The van der Waals surface area contributed by atoms with Crippen LogP contribution in [0.3, 0.4) is 0 Å². The Morgan fingerprint density at radius 3 is 2.38 bits per heavy atom. The molecular weight excluding hydrogens is 304 g/mol. The molecule has 24 heavy (non-hydrogen) atoms. The maximum Gasteiger partial charge on any atom is 0.335 e. The zero-order valence-corrected chi connectivity index (χ0v) is 14.0. The van der Waals surface area contributed by atoms with Gasteiger partial charge in [0.15, 0.2) is 5.82 Å². The van der Waals surface area contributed by atoms with Gasteiger partial charge in [-0.1, -0.05) is 17.7 Å². The van der Waals surface area contributed by atoms with E-state index in [9.17, 15) is 4.79 Å². The van der Waals surface area contributed by atoms with Crippen molar-refractivity contribution in [2.75, 3.05) is 0 Å². The first-order chi connectivity index (χ1) is 11.4. The smallest absolute Gasteiger partial charge is 0.335 e. The van der Waals surface area contributed by atoms with Crippen LogP contribution in [0.25, 0.3) is 5.65 Å². The van der Waals surface area contributed by atoms with E-state index in [-0.39, 0.29) is 5.56 Å². The highest BCUT2D eigenvalue weighted by Gasteiger charge is 2.11. The summed E-state index contributed by atoms with van der Waals surface area (Å²) in [5, 5.41) is 17.9. The summed E-state index contributed by atoms with van der Waals surface area (Å²) in [5.41, 5.74) is 5.60. The highest BCUT2D eigenvalue weighted by Crippen LogP contribution is 2.29. The molecule has 0 bridgehead atoms. The zero-order valence-electron chi connectivity index (χ0n) is 14.0. The molecule has 1 N–H and O–H groups in total. The van der Waals surface area contributed by atoms with Gasteiger partial charge in [-0.15, -0.1) is 10.2 Å². The van der Waals surface area contributed by atoms with Gasteiger partial charge in [0.2, 0.25) is 0 Å². The second kappa shape index (κ2) is 5.88. The van der Waals surface area contributed by atoms with Crippen molar-refractivity contribution >= 4 is 23.1 Å². The average molecular weight is 322 g/mol. The van der Waals surface area contributed by atoms with Crippen LogP contribution in [0, 0.1) is 27.7 Å². The number of rotatable bonds is 3. The Morgan fingerprint density at radius 1 is 1.08 bits per heavy atom. The fourth-order valence-corrected chi connectivity index (χ4v) is 2.83. The van der Waals surface area contributed by atoms with Crippen molar-refractivity contribution in [1.82, 2.24) is 9.38 Å². The third-order valence-corrected chi connectivity index (χ3v) is 3.90. The molecule has 6 nitrogen and oxygen atoms in total. The van der Waals surface area contributed by atoms with Crippen LogP contribution < -0.4 is 0 Å². The first-order valence-electron chi connectivity index (χ1n) is 7.58. The molecule has 3 aromatic rings. The largest absolute Gasteiger partial charge is 0.478 e. The molecule has 0 spiro atoms. The molecule has 0 saturated carbocycles. The molecule has 0 unspecified atom stereocenters. The lowest BCUT2D eigenvalue weighted by molar-refractivity contribution is 0.0697. The van der Waals surface area contributed by atoms with Gasteiger partial charge < -0.3 is 5.11 Å². The molecular formula is C18H18N4O2. The second-order valence-electron chi connectivity index (χ2n) is 5.92. The molecule has 2 heterocycles. The number of hydrogen-bond donors (Lipinski definition) is 1. The molecule has 0 amide bonds. The maximum atomic E-state index is 11.1. The fraction of sp³-hybridized carbons (Fsp3) is 0.222. The molecule has 0 radical (unpaired) electrons. The molecule has 0 fully saturated rings. The lowest BCUT2D eigenvalue weighted by atomic mass is 10.1. The lowest BCUT2D eigenvalue weighted by Gasteiger charge is -2.05. The van der Waals surface area contributed by atoms with Gasteiger partial charge in [-0.2, -0.15) is 0 Å². The van der Waals surface area contributed by atoms with Gasteiger partial charge in [0.05, 0.1) is 16.9 Å². The van der Waals surface area contributed by atoms with E-state index < -0.39 is 5.97 Å². The van der Waals surface area contributed by atoms with Crippen molar-refractivity contribution < 1.29 is 9.90 Å². The third kappa shape index (κ3) is 2.78. The van der Waals surface area contributed by atoms with E-state index in [2.05, 4.69) is 34.3 Å². The van der Waals surface area contributed by atoms with Crippen molar-refractivity contribution in [3.05, 3.63) is 58.4 Å². The number of carbonyl (C=O) groups is 1. The Labute approximate surface area is 139 Å². The summed E-state index contributed by atoms with van der Waals surface area (Å²) in [4.78, 5) is 15.4. The first kappa shape index (κ1) is 15.9. The van der Waals surface area contributed by atoms with Gasteiger partial charge in [0.25, 0.3) is 0 Å². The third-order valence-electron chi connectivity index (χ3n) is 3.90. The maximum absolute atomic E-state index is 11.1. The zero-order chi connectivity index (χ0) is 17.4. The van der Waals surface area contributed by atoms with Gasteiger partial charge >= 0.3 is 5.97 Å². The monoisotopic (exact) mass is 322 g/mol. The lowest BCUT2D eigenvalue weighted by Crippen LogP contribution is -1.97. The van der Waals surface area contributed by atoms with Gasteiger partial charge in [-0.05, 0) is 51.0 Å². The van der Waals surface area contributed by atoms with Crippen LogP contribution in [0.1, 0.15) is 32.7 Å². The summed E-state index contributed by atoms with van der Waals surface area (Å²) in [6.45, 7) is 7.90. The Morgan fingerprint density at radius 2 is 1.75 bits per heavy atom. The number of aromatic carboxylic acids is 1. The number of pyridine rings is 1. The van der Waals surface area contributed by atoms with Crippen molar-refractivity contribution in [3.63, 3.8) is 0 Å². The van der Waals surface area contributed by atoms with E-state index in [0.29, 0.717) is 17.2 Å². The van der Waals surface area contributed by atoms with Crippen LogP contribution in [0.15, 0.2) is 40.7 Å². The van der Waals surface area contributed by atoms with Gasteiger partial charge in [-0.25, -0.2) is 9.78 Å². The van der Waals surface area contributed by atoms with Gasteiger partial charge in [-0.3, -0.25) is 4.40 Å². The van der Waals surface area contributed by atoms with Crippen LogP contribution in [-0.2, 0) is 0 Å². The van der Waals surface area contributed by atoms with Crippen molar-refractivity contribution in [3.8, 4) is 0 Å². The first-order valence-corrected chi connectivity index (χ1v) is 7.58.